The molecule has 1 aliphatic rings. The zero-order valence-corrected chi connectivity index (χ0v) is 13.1. The molecule has 2 rings (SSSR count). The molecule has 1 atom stereocenters. The van der Waals surface area contributed by atoms with E-state index in [4.69, 9.17) is 11.5 Å². The number of alkyl halides is 3. The molecule has 1 aromatic carbocycles. The Morgan fingerprint density at radius 1 is 1.29 bits per heavy atom. The number of nitrogens with zero attached hydrogens (tertiary/aromatic N) is 3. The fourth-order valence-corrected chi connectivity index (χ4v) is 2.55. The van der Waals surface area contributed by atoms with Crippen LogP contribution in [0.15, 0.2) is 28.2 Å². The first kappa shape index (κ1) is 18.0. The molecule has 1 unspecified atom stereocenters. The van der Waals surface area contributed by atoms with Crippen molar-refractivity contribution in [2.24, 2.45) is 27.4 Å². The molecule has 0 radical (unpaired) electrons. The quantitative estimate of drug-likeness (QED) is 0.467. The topological polar surface area (TPSA) is 80.0 Å². The molecule has 0 aliphatic carbocycles. The van der Waals surface area contributed by atoms with Crippen molar-refractivity contribution in [3.05, 3.63) is 29.6 Å². The van der Waals surface area contributed by atoms with Crippen LogP contribution in [0.25, 0.3) is 0 Å². The maximum atomic E-state index is 13.5. The number of guanidine groups is 2. The second kappa shape index (κ2) is 7.06. The molecular formula is C15H19F4N5. The number of nitrogens with two attached hydrogens (primary N) is 2. The summed E-state index contributed by atoms with van der Waals surface area (Å²) < 4.78 is 51.0. The van der Waals surface area contributed by atoms with Gasteiger partial charge >= 0.3 is 6.18 Å². The van der Waals surface area contributed by atoms with Gasteiger partial charge in [0.1, 0.15) is 5.82 Å². The van der Waals surface area contributed by atoms with Gasteiger partial charge in [-0.1, -0.05) is 6.92 Å². The van der Waals surface area contributed by atoms with E-state index in [1.807, 2.05) is 4.90 Å². The first-order valence-corrected chi connectivity index (χ1v) is 7.47. The number of piperidine rings is 1. The molecule has 1 aliphatic heterocycles. The van der Waals surface area contributed by atoms with Crippen LogP contribution in [0, 0.1) is 11.7 Å². The molecule has 1 saturated heterocycles. The standard InChI is InChI=1S/C15H19F4N5/c1-9-3-2-6-24(8-9)14(21)23-13(20)22-10-4-5-11(12(16)7-10)15(17,18)19/h4-5,7,9H,2-3,6,8H2,1H3,(H4,20,21,22,23). The van der Waals surface area contributed by atoms with Gasteiger partial charge in [0.2, 0.25) is 5.96 Å². The Balaban J connectivity index is 2.15. The van der Waals surface area contributed by atoms with Crippen molar-refractivity contribution in [1.29, 1.82) is 0 Å². The lowest BCUT2D eigenvalue weighted by Crippen LogP contribution is -2.44. The predicted molar refractivity (Wildman–Crippen MR) is 84.3 cm³/mol. The lowest BCUT2D eigenvalue weighted by molar-refractivity contribution is -0.139. The molecule has 0 spiro atoms. The highest BCUT2D eigenvalue weighted by Gasteiger charge is 2.33. The summed E-state index contributed by atoms with van der Waals surface area (Å²) in [6, 6.07) is 2.29. The van der Waals surface area contributed by atoms with E-state index in [1.54, 1.807) is 0 Å². The minimum Gasteiger partial charge on any atom is -0.369 e. The van der Waals surface area contributed by atoms with Crippen LogP contribution in [-0.2, 0) is 6.18 Å². The fourth-order valence-electron chi connectivity index (χ4n) is 2.55. The molecule has 24 heavy (non-hydrogen) atoms. The second-order valence-corrected chi connectivity index (χ2v) is 5.80. The second-order valence-electron chi connectivity index (χ2n) is 5.80. The van der Waals surface area contributed by atoms with Crippen molar-refractivity contribution in [2.45, 2.75) is 25.9 Å². The first-order chi connectivity index (χ1) is 11.2. The van der Waals surface area contributed by atoms with Crippen LogP contribution >= 0.6 is 0 Å². The van der Waals surface area contributed by atoms with Gasteiger partial charge in [0.15, 0.2) is 5.96 Å². The van der Waals surface area contributed by atoms with E-state index < -0.39 is 17.6 Å². The molecule has 0 saturated carbocycles. The fraction of sp³-hybridized carbons (Fsp3) is 0.467. The van der Waals surface area contributed by atoms with Crippen LogP contribution < -0.4 is 11.5 Å². The molecular weight excluding hydrogens is 326 g/mol. The predicted octanol–water partition coefficient (Wildman–Crippen LogP) is 2.84. The summed E-state index contributed by atoms with van der Waals surface area (Å²) in [5.41, 5.74) is 10.1. The minimum atomic E-state index is -4.76. The van der Waals surface area contributed by atoms with Crippen LogP contribution in [0.3, 0.4) is 0 Å². The largest absolute Gasteiger partial charge is 0.419 e. The maximum Gasteiger partial charge on any atom is 0.419 e. The summed E-state index contributed by atoms with van der Waals surface area (Å²) in [5, 5.41) is 0. The van der Waals surface area contributed by atoms with Crippen molar-refractivity contribution >= 4 is 17.6 Å². The van der Waals surface area contributed by atoms with Gasteiger partial charge in [-0.05, 0) is 30.9 Å². The van der Waals surface area contributed by atoms with Crippen LogP contribution in [0.1, 0.15) is 25.3 Å². The van der Waals surface area contributed by atoms with E-state index in [1.165, 1.54) is 0 Å². The number of hydrogen-bond donors (Lipinski definition) is 2. The Hall–Kier alpha value is -2.32. The third kappa shape index (κ3) is 4.59. The number of likely N-dealkylation sites (tertiary alicyclic amines) is 1. The van der Waals surface area contributed by atoms with Gasteiger partial charge in [0.05, 0.1) is 11.3 Å². The lowest BCUT2D eigenvalue weighted by atomic mass is 10.0. The summed E-state index contributed by atoms with van der Waals surface area (Å²) >= 11 is 0. The summed E-state index contributed by atoms with van der Waals surface area (Å²) in [6.45, 7) is 3.60. The monoisotopic (exact) mass is 345 g/mol. The number of hydrogen-bond acceptors (Lipinski definition) is 1. The van der Waals surface area contributed by atoms with Crippen molar-refractivity contribution in [3.8, 4) is 0 Å². The van der Waals surface area contributed by atoms with Crippen LogP contribution in [0.2, 0.25) is 0 Å². The van der Waals surface area contributed by atoms with E-state index in [0.717, 1.165) is 32.0 Å². The zero-order chi connectivity index (χ0) is 17.9. The molecule has 1 aromatic rings. The van der Waals surface area contributed by atoms with Gasteiger partial charge < -0.3 is 16.4 Å². The number of benzene rings is 1. The third-order valence-corrected chi connectivity index (χ3v) is 3.71. The highest BCUT2D eigenvalue weighted by Crippen LogP contribution is 2.32. The Kier molecular flexibility index (Phi) is 5.30. The molecule has 9 heteroatoms. The van der Waals surface area contributed by atoms with E-state index in [-0.39, 0.29) is 17.6 Å². The third-order valence-electron chi connectivity index (χ3n) is 3.71. The highest BCUT2D eigenvalue weighted by molar-refractivity contribution is 5.94. The van der Waals surface area contributed by atoms with Crippen molar-refractivity contribution in [3.63, 3.8) is 0 Å². The molecule has 0 aromatic heterocycles. The van der Waals surface area contributed by atoms with E-state index in [0.29, 0.717) is 18.1 Å². The smallest absolute Gasteiger partial charge is 0.369 e. The van der Waals surface area contributed by atoms with Crippen LogP contribution in [0.4, 0.5) is 23.2 Å². The van der Waals surface area contributed by atoms with Gasteiger partial charge in [-0.3, -0.25) is 0 Å². The van der Waals surface area contributed by atoms with Crippen molar-refractivity contribution in [1.82, 2.24) is 4.90 Å². The maximum absolute atomic E-state index is 13.5. The summed E-state index contributed by atoms with van der Waals surface area (Å²) in [5.74, 6) is -0.993. The highest BCUT2D eigenvalue weighted by atomic mass is 19.4. The average Bonchev–Trinajstić information content (AvgIpc) is 2.45. The molecule has 0 amide bonds. The van der Waals surface area contributed by atoms with Gasteiger partial charge in [-0.15, -0.1) is 0 Å². The van der Waals surface area contributed by atoms with Gasteiger partial charge in [-0.2, -0.15) is 18.2 Å². The molecule has 0 bridgehead atoms. The molecule has 1 heterocycles. The molecule has 4 N–H and O–H groups in total. The zero-order valence-electron chi connectivity index (χ0n) is 13.1. The van der Waals surface area contributed by atoms with E-state index >= 15 is 0 Å². The number of halogens is 4. The van der Waals surface area contributed by atoms with Crippen LogP contribution in [0.5, 0.6) is 0 Å². The average molecular weight is 345 g/mol. The molecule has 132 valence electrons. The minimum absolute atomic E-state index is 0.0680. The van der Waals surface area contributed by atoms with Gasteiger partial charge in [0.25, 0.3) is 0 Å². The summed E-state index contributed by atoms with van der Waals surface area (Å²) in [4.78, 5) is 9.59. The van der Waals surface area contributed by atoms with E-state index in [9.17, 15) is 17.6 Å². The van der Waals surface area contributed by atoms with E-state index in [2.05, 4.69) is 16.9 Å². The number of rotatable bonds is 1. The number of aliphatic imine (C=N–C) groups is 2. The molecule has 1 fully saturated rings. The van der Waals surface area contributed by atoms with Gasteiger partial charge in [0, 0.05) is 19.2 Å². The van der Waals surface area contributed by atoms with Gasteiger partial charge in [-0.25, -0.2) is 9.38 Å². The Morgan fingerprint density at radius 3 is 2.58 bits per heavy atom. The first-order valence-electron chi connectivity index (χ1n) is 7.47. The summed E-state index contributed by atoms with van der Waals surface area (Å²) in [7, 11) is 0. The Bertz CT molecular complexity index is 654. The SMILES string of the molecule is CC1CCCN(/C(N)=N\C(N)=Nc2ccc(C(F)(F)F)c(F)c2)C1. The summed E-state index contributed by atoms with van der Waals surface area (Å²) in [6.07, 6.45) is -2.66. The van der Waals surface area contributed by atoms with Crippen molar-refractivity contribution in [2.75, 3.05) is 13.1 Å². The Labute approximate surface area is 137 Å². The van der Waals surface area contributed by atoms with Crippen LogP contribution in [-0.4, -0.2) is 29.9 Å². The normalized spacial score (nSPS) is 20.4. The lowest BCUT2D eigenvalue weighted by Gasteiger charge is -2.31. The Morgan fingerprint density at radius 2 is 2.00 bits per heavy atom. The van der Waals surface area contributed by atoms with Crippen molar-refractivity contribution < 1.29 is 17.6 Å². The molecule has 5 nitrogen and oxygen atoms in total.